The van der Waals surface area contributed by atoms with Crippen LogP contribution in [0, 0.1) is 0 Å². The molecule has 2 amide bonds. The molecule has 2 aliphatic rings. The molecule has 2 fully saturated rings. The summed E-state index contributed by atoms with van der Waals surface area (Å²) in [4.78, 5) is 31.0. The maximum atomic E-state index is 13.2. The van der Waals surface area contributed by atoms with Gasteiger partial charge >= 0.3 is 0 Å². The highest BCUT2D eigenvalue weighted by Crippen LogP contribution is 2.40. The van der Waals surface area contributed by atoms with E-state index in [-0.39, 0.29) is 11.8 Å². The third-order valence-corrected chi connectivity index (χ3v) is 6.33. The molecule has 7 nitrogen and oxygen atoms in total. The van der Waals surface area contributed by atoms with Crippen LogP contribution in [0.5, 0.6) is 0 Å². The summed E-state index contributed by atoms with van der Waals surface area (Å²) in [5, 5.41) is 14.9. The molecule has 0 aliphatic carbocycles. The summed E-state index contributed by atoms with van der Waals surface area (Å²) in [6.07, 6.45) is 2.46. The molecule has 29 heavy (non-hydrogen) atoms. The average molecular weight is 397 g/mol. The number of pyridine rings is 1. The second-order valence-electron chi connectivity index (χ2n) is 8.34. The summed E-state index contributed by atoms with van der Waals surface area (Å²) in [6, 6.07) is 9.42. The van der Waals surface area contributed by atoms with Gasteiger partial charge in [0.25, 0.3) is 5.91 Å². The van der Waals surface area contributed by atoms with Crippen molar-refractivity contribution in [3.05, 3.63) is 42.1 Å². The fourth-order valence-corrected chi connectivity index (χ4v) is 4.75. The Kier molecular flexibility index (Phi) is 5.04. The van der Waals surface area contributed by atoms with Gasteiger partial charge in [0, 0.05) is 38.2 Å². The highest BCUT2D eigenvalue weighted by atomic mass is 16.5. The molecular weight excluding hydrogens is 370 g/mol. The lowest BCUT2D eigenvalue weighted by Gasteiger charge is -2.53. The Hall–Kier alpha value is -2.51. The zero-order chi connectivity index (χ0) is 20.6. The zero-order valence-corrected chi connectivity index (χ0v) is 16.9. The molecule has 1 aromatic carbocycles. The first-order valence-electron chi connectivity index (χ1n) is 10.1. The number of para-hydroxylation sites is 1. The summed E-state index contributed by atoms with van der Waals surface area (Å²) >= 11 is 0. The summed E-state index contributed by atoms with van der Waals surface area (Å²) in [5.41, 5.74) is -0.182. The van der Waals surface area contributed by atoms with Crippen LogP contribution < -0.4 is 5.32 Å². The van der Waals surface area contributed by atoms with Gasteiger partial charge in [0.05, 0.1) is 22.2 Å². The Bertz CT molecular complexity index is 933. The number of benzene rings is 1. The Morgan fingerprint density at radius 1 is 1.21 bits per heavy atom. The number of rotatable bonds is 2. The van der Waals surface area contributed by atoms with Gasteiger partial charge < -0.3 is 20.1 Å². The van der Waals surface area contributed by atoms with Crippen molar-refractivity contribution in [3.8, 4) is 0 Å². The van der Waals surface area contributed by atoms with Crippen LogP contribution in [-0.2, 0) is 9.53 Å². The smallest absolute Gasteiger partial charge is 0.256 e. The predicted octanol–water partition coefficient (Wildman–Crippen LogP) is 1.89. The molecule has 0 bridgehead atoms. The number of nitrogens with one attached hydrogen (secondary N) is 1. The van der Waals surface area contributed by atoms with Gasteiger partial charge in [-0.05, 0) is 38.3 Å². The molecular formula is C22H27N3O4. The number of nitrogens with zero attached hydrogens (tertiary/aromatic N) is 2. The number of fused-ring (bicyclic) bond motifs is 1. The normalized spacial score (nSPS) is 26.4. The molecule has 3 heterocycles. The van der Waals surface area contributed by atoms with Crippen molar-refractivity contribution >= 4 is 22.7 Å². The number of hydrogen-bond acceptors (Lipinski definition) is 5. The largest absolute Gasteiger partial charge is 0.388 e. The highest BCUT2D eigenvalue weighted by molar-refractivity contribution is 6.05. The van der Waals surface area contributed by atoms with E-state index >= 15 is 0 Å². The van der Waals surface area contributed by atoms with Crippen LogP contribution in [0.4, 0.5) is 0 Å². The van der Waals surface area contributed by atoms with Crippen molar-refractivity contribution < 1.29 is 19.4 Å². The van der Waals surface area contributed by atoms with Crippen LogP contribution in [0.25, 0.3) is 10.9 Å². The van der Waals surface area contributed by atoms with E-state index in [2.05, 4.69) is 10.3 Å². The monoisotopic (exact) mass is 397 g/mol. The Balaban J connectivity index is 1.51. The Labute approximate surface area is 170 Å². The van der Waals surface area contributed by atoms with E-state index < -0.39 is 17.2 Å². The fourth-order valence-electron chi connectivity index (χ4n) is 4.75. The summed E-state index contributed by atoms with van der Waals surface area (Å²) in [5.74, 6) is -0.223. The second-order valence-corrected chi connectivity index (χ2v) is 8.34. The van der Waals surface area contributed by atoms with Crippen molar-refractivity contribution in [1.82, 2.24) is 15.2 Å². The van der Waals surface area contributed by atoms with Crippen molar-refractivity contribution in [2.75, 3.05) is 19.7 Å². The number of aliphatic hydroxyl groups is 1. The standard InChI is InChI=1S/C22H27N3O4/c1-15(26)24-21(2)10-14-29-22(20(21)28)8-12-25(13-9-22)19(27)17-7-3-5-16-6-4-11-23-18(16)17/h3-7,11,20,28H,8-10,12-14H2,1-2H3,(H,24,26)/t20-,21+/m1/s1. The van der Waals surface area contributed by atoms with E-state index in [1.807, 2.05) is 37.3 Å². The van der Waals surface area contributed by atoms with Gasteiger partial charge in [-0.1, -0.05) is 18.2 Å². The molecule has 1 spiro atoms. The first-order chi connectivity index (χ1) is 13.8. The number of aromatic nitrogens is 1. The zero-order valence-electron chi connectivity index (χ0n) is 16.9. The van der Waals surface area contributed by atoms with Crippen molar-refractivity contribution in [1.29, 1.82) is 0 Å². The SMILES string of the molecule is CC(=O)N[C@@]1(C)CCOC2(CCN(C(=O)c3cccc4cccnc34)CC2)[C@@H]1O. The number of carbonyl (C=O) groups excluding carboxylic acids is 2. The molecule has 7 heteroatoms. The fraction of sp³-hybridized carbons (Fsp3) is 0.500. The number of carbonyl (C=O) groups is 2. The molecule has 4 rings (SSSR count). The average Bonchev–Trinajstić information content (AvgIpc) is 2.71. The number of likely N-dealkylation sites (tertiary alicyclic amines) is 1. The van der Waals surface area contributed by atoms with Gasteiger partial charge in [0.1, 0.15) is 6.10 Å². The second kappa shape index (κ2) is 7.39. The van der Waals surface area contributed by atoms with Gasteiger partial charge in [-0.25, -0.2) is 0 Å². The van der Waals surface area contributed by atoms with E-state index in [1.54, 1.807) is 11.1 Å². The first-order valence-corrected chi connectivity index (χ1v) is 10.1. The minimum atomic E-state index is -0.830. The maximum absolute atomic E-state index is 13.2. The van der Waals surface area contributed by atoms with E-state index in [0.29, 0.717) is 50.0 Å². The van der Waals surface area contributed by atoms with Crippen LogP contribution >= 0.6 is 0 Å². The molecule has 0 radical (unpaired) electrons. The number of ether oxygens (including phenoxy) is 1. The van der Waals surface area contributed by atoms with Gasteiger partial charge in [-0.3, -0.25) is 14.6 Å². The van der Waals surface area contributed by atoms with Crippen LogP contribution in [-0.4, -0.2) is 63.7 Å². The lowest BCUT2D eigenvalue weighted by molar-refractivity contribution is -0.205. The van der Waals surface area contributed by atoms with Gasteiger partial charge in [0.2, 0.25) is 5.91 Å². The summed E-state index contributed by atoms with van der Waals surface area (Å²) in [7, 11) is 0. The third kappa shape index (κ3) is 3.49. The minimum absolute atomic E-state index is 0.0564. The Morgan fingerprint density at radius 3 is 2.66 bits per heavy atom. The lowest BCUT2D eigenvalue weighted by atomic mass is 9.73. The Morgan fingerprint density at radius 2 is 1.93 bits per heavy atom. The van der Waals surface area contributed by atoms with Gasteiger partial charge in [0.15, 0.2) is 0 Å². The molecule has 2 saturated heterocycles. The number of piperidine rings is 1. The molecule has 2 N–H and O–H groups in total. The lowest BCUT2D eigenvalue weighted by Crippen LogP contribution is -2.69. The molecule has 1 aromatic heterocycles. The predicted molar refractivity (Wildman–Crippen MR) is 108 cm³/mol. The molecule has 154 valence electrons. The van der Waals surface area contributed by atoms with Crippen molar-refractivity contribution in [2.45, 2.75) is 50.4 Å². The van der Waals surface area contributed by atoms with Crippen molar-refractivity contribution in [2.24, 2.45) is 0 Å². The molecule has 0 unspecified atom stereocenters. The molecule has 2 atom stereocenters. The van der Waals surface area contributed by atoms with E-state index in [1.165, 1.54) is 6.92 Å². The third-order valence-electron chi connectivity index (χ3n) is 6.33. The summed E-state index contributed by atoms with van der Waals surface area (Å²) in [6.45, 7) is 4.75. The van der Waals surface area contributed by atoms with E-state index in [4.69, 9.17) is 4.74 Å². The maximum Gasteiger partial charge on any atom is 0.256 e. The van der Waals surface area contributed by atoms with Crippen LogP contribution in [0.2, 0.25) is 0 Å². The summed E-state index contributed by atoms with van der Waals surface area (Å²) < 4.78 is 6.05. The van der Waals surface area contributed by atoms with Crippen LogP contribution in [0.3, 0.4) is 0 Å². The van der Waals surface area contributed by atoms with Crippen LogP contribution in [0.1, 0.15) is 43.5 Å². The number of amides is 2. The number of hydrogen-bond donors (Lipinski definition) is 2. The van der Waals surface area contributed by atoms with E-state index in [0.717, 1.165) is 5.39 Å². The quantitative estimate of drug-likeness (QED) is 0.807. The molecule has 2 aliphatic heterocycles. The van der Waals surface area contributed by atoms with E-state index in [9.17, 15) is 14.7 Å². The van der Waals surface area contributed by atoms with Gasteiger partial charge in [-0.15, -0.1) is 0 Å². The van der Waals surface area contributed by atoms with Crippen LogP contribution in [0.15, 0.2) is 36.5 Å². The minimum Gasteiger partial charge on any atom is -0.388 e. The number of aliphatic hydroxyl groups excluding tert-OH is 1. The topological polar surface area (TPSA) is 91.8 Å². The highest BCUT2D eigenvalue weighted by Gasteiger charge is 2.54. The van der Waals surface area contributed by atoms with Crippen molar-refractivity contribution in [3.63, 3.8) is 0 Å². The first kappa shape index (κ1) is 19.8. The van der Waals surface area contributed by atoms with Gasteiger partial charge in [-0.2, -0.15) is 0 Å². The molecule has 0 saturated carbocycles. The molecule has 2 aromatic rings.